The van der Waals surface area contributed by atoms with Crippen molar-refractivity contribution in [2.75, 3.05) is 20.1 Å². The summed E-state index contributed by atoms with van der Waals surface area (Å²) in [5.41, 5.74) is 0. The largest absolute Gasteiger partial charge is 0.480 e. The van der Waals surface area contributed by atoms with E-state index in [9.17, 15) is 13.2 Å². The van der Waals surface area contributed by atoms with Crippen molar-refractivity contribution in [3.05, 3.63) is 12.7 Å². The van der Waals surface area contributed by atoms with Crippen molar-refractivity contribution >= 4 is 16.2 Å². The molecule has 0 atom stereocenters. The second-order valence-electron chi connectivity index (χ2n) is 4.79. The minimum Gasteiger partial charge on any atom is -0.480 e. The van der Waals surface area contributed by atoms with Crippen LogP contribution in [0.25, 0.3) is 0 Å². The normalized spacial score (nSPS) is 17.8. The van der Waals surface area contributed by atoms with Gasteiger partial charge < -0.3 is 5.11 Å². The Hall–Kier alpha value is -0.920. The summed E-state index contributed by atoms with van der Waals surface area (Å²) in [6.07, 6.45) is 6.25. The van der Waals surface area contributed by atoms with Crippen LogP contribution in [0.2, 0.25) is 0 Å². The molecule has 0 amide bonds. The molecule has 1 rings (SSSR count). The fourth-order valence-electron chi connectivity index (χ4n) is 2.35. The Labute approximate surface area is 114 Å². The van der Waals surface area contributed by atoms with Gasteiger partial charge in [0.1, 0.15) is 6.54 Å². The fraction of sp³-hybridized carbons (Fsp3) is 0.750. The second-order valence-corrected chi connectivity index (χ2v) is 6.78. The highest BCUT2D eigenvalue weighted by atomic mass is 32.2. The molecule has 1 aliphatic rings. The van der Waals surface area contributed by atoms with Crippen LogP contribution in [0.5, 0.6) is 0 Å². The van der Waals surface area contributed by atoms with Gasteiger partial charge >= 0.3 is 5.97 Å². The van der Waals surface area contributed by atoms with Crippen LogP contribution in [-0.4, -0.2) is 54.3 Å². The zero-order valence-corrected chi connectivity index (χ0v) is 12.1. The zero-order chi connectivity index (χ0) is 14.5. The zero-order valence-electron chi connectivity index (χ0n) is 11.3. The van der Waals surface area contributed by atoms with Crippen LogP contribution < -0.4 is 0 Å². The van der Waals surface area contributed by atoms with E-state index in [4.69, 9.17) is 5.11 Å². The van der Waals surface area contributed by atoms with E-state index in [1.165, 1.54) is 17.4 Å². The van der Waals surface area contributed by atoms with Crippen molar-refractivity contribution in [2.24, 2.45) is 0 Å². The van der Waals surface area contributed by atoms with Gasteiger partial charge in [-0.2, -0.15) is 17.0 Å². The first-order chi connectivity index (χ1) is 8.89. The van der Waals surface area contributed by atoms with Crippen LogP contribution in [0.1, 0.15) is 32.1 Å². The van der Waals surface area contributed by atoms with E-state index >= 15 is 0 Å². The first kappa shape index (κ1) is 16.1. The lowest BCUT2D eigenvalue weighted by atomic mass is 9.96. The maximum atomic E-state index is 12.4. The van der Waals surface area contributed by atoms with Crippen molar-refractivity contribution in [1.29, 1.82) is 0 Å². The molecule has 0 bridgehead atoms. The second kappa shape index (κ2) is 7.02. The van der Waals surface area contributed by atoms with Crippen LogP contribution in [0.3, 0.4) is 0 Å². The quantitative estimate of drug-likeness (QED) is 0.711. The van der Waals surface area contributed by atoms with Crippen LogP contribution in [0, 0.1) is 0 Å². The highest BCUT2D eigenvalue weighted by Crippen LogP contribution is 2.24. The number of rotatable bonds is 7. The lowest BCUT2D eigenvalue weighted by Crippen LogP contribution is -2.48. The summed E-state index contributed by atoms with van der Waals surface area (Å²) >= 11 is 0. The van der Waals surface area contributed by atoms with E-state index in [-0.39, 0.29) is 12.6 Å². The van der Waals surface area contributed by atoms with Crippen LogP contribution >= 0.6 is 0 Å². The third kappa shape index (κ3) is 4.29. The van der Waals surface area contributed by atoms with Crippen molar-refractivity contribution in [1.82, 2.24) is 8.61 Å². The molecule has 110 valence electrons. The third-order valence-electron chi connectivity index (χ3n) is 3.42. The van der Waals surface area contributed by atoms with Gasteiger partial charge in [-0.05, 0) is 12.8 Å². The molecule has 6 nitrogen and oxygen atoms in total. The number of nitrogens with zero attached hydrogens (tertiary/aromatic N) is 2. The van der Waals surface area contributed by atoms with Gasteiger partial charge in [-0.3, -0.25) is 4.79 Å². The van der Waals surface area contributed by atoms with Gasteiger partial charge in [-0.1, -0.05) is 25.3 Å². The average Bonchev–Trinajstić information content (AvgIpc) is 2.38. The molecule has 0 aromatic rings. The molecule has 7 heteroatoms. The van der Waals surface area contributed by atoms with Crippen molar-refractivity contribution in [2.45, 2.75) is 38.1 Å². The predicted octanol–water partition coefficient (Wildman–Crippen LogP) is 1.07. The smallest absolute Gasteiger partial charge is 0.318 e. The van der Waals surface area contributed by atoms with Crippen LogP contribution in [0.15, 0.2) is 12.7 Å². The van der Waals surface area contributed by atoms with Gasteiger partial charge in [-0.15, -0.1) is 6.58 Å². The molecular weight excluding hydrogens is 268 g/mol. The van der Waals surface area contributed by atoms with Gasteiger partial charge in [-0.25, -0.2) is 0 Å². The Kier molecular flexibility index (Phi) is 5.96. The van der Waals surface area contributed by atoms with Gasteiger partial charge in [0, 0.05) is 19.6 Å². The summed E-state index contributed by atoms with van der Waals surface area (Å²) in [5, 5.41) is 8.81. The maximum Gasteiger partial charge on any atom is 0.318 e. The summed E-state index contributed by atoms with van der Waals surface area (Å²) in [5.74, 6) is -1.16. The first-order valence-electron chi connectivity index (χ1n) is 6.45. The summed E-state index contributed by atoms with van der Waals surface area (Å²) < 4.78 is 27.1. The summed E-state index contributed by atoms with van der Waals surface area (Å²) in [6.45, 7) is 2.94. The number of carboxylic acid groups (broad SMARTS) is 1. The minimum atomic E-state index is -3.74. The first-order valence-corrected chi connectivity index (χ1v) is 7.85. The lowest BCUT2D eigenvalue weighted by molar-refractivity contribution is -0.137. The predicted molar refractivity (Wildman–Crippen MR) is 73.0 cm³/mol. The summed E-state index contributed by atoms with van der Waals surface area (Å²) in [4.78, 5) is 10.8. The Morgan fingerprint density at radius 3 is 2.42 bits per heavy atom. The molecule has 0 spiro atoms. The van der Waals surface area contributed by atoms with Gasteiger partial charge in [0.05, 0.1) is 0 Å². The van der Waals surface area contributed by atoms with E-state index < -0.39 is 22.7 Å². The van der Waals surface area contributed by atoms with E-state index in [0.29, 0.717) is 0 Å². The van der Waals surface area contributed by atoms with Gasteiger partial charge in [0.2, 0.25) is 0 Å². The van der Waals surface area contributed by atoms with Gasteiger partial charge in [0.15, 0.2) is 0 Å². The molecule has 0 saturated heterocycles. The standard InChI is InChI=1S/C12H22N2O4S/c1-3-9-14(10-12(15)16)19(17,18)13(2)11-7-5-4-6-8-11/h3,11H,1,4-10H2,2H3,(H,15,16). The number of carbonyl (C=O) groups is 1. The van der Waals surface area contributed by atoms with Crippen LogP contribution in [0.4, 0.5) is 0 Å². The Morgan fingerprint density at radius 2 is 1.95 bits per heavy atom. The molecule has 19 heavy (non-hydrogen) atoms. The molecule has 1 fully saturated rings. The monoisotopic (exact) mass is 290 g/mol. The Morgan fingerprint density at radius 1 is 1.37 bits per heavy atom. The van der Waals surface area contributed by atoms with Crippen LogP contribution in [-0.2, 0) is 15.0 Å². The molecule has 1 N–H and O–H groups in total. The topological polar surface area (TPSA) is 77.9 Å². The van der Waals surface area contributed by atoms with E-state index in [1.807, 2.05) is 0 Å². The fourth-order valence-corrected chi connectivity index (χ4v) is 3.87. The number of aliphatic carboxylic acids is 1. The molecular formula is C12H22N2O4S. The summed E-state index contributed by atoms with van der Waals surface area (Å²) in [7, 11) is -2.21. The van der Waals surface area contributed by atoms with Gasteiger partial charge in [0.25, 0.3) is 10.2 Å². The van der Waals surface area contributed by atoms with Crippen molar-refractivity contribution in [3.8, 4) is 0 Å². The highest BCUT2D eigenvalue weighted by Gasteiger charge is 2.33. The average molecular weight is 290 g/mol. The van der Waals surface area contributed by atoms with E-state index in [0.717, 1.165) is 36.4 Å². The SMILES string of the molecule is C=CCN(CC(=O)O)S(=O)(=O)N(C)C1CCCCC1. The molecule has 0 aromatic heterocycles. The van der Waals surface area contributed by atoms with Crippen molar-refractivity contribution in [3.63, 3.8) is 0 Å². The molecule has 1 aliphatic carbocycles. The van der Waals surface area contributed by atoms with E-state index in [2.05, 4.69) is 6.58 Å². The van der Waals surface area contributed by atoms with E-state index in [1.54, 1.807) is 0 Å². The molecule has 0 aliphatic heterocycles. The number of hydrogen-bond donors (Lipinski definition) is 1. The third-order valence-corrected chi connectivity index (χ3v) is 5.38. The molecule has 0 heterocycles. The molecule has 0 unspecified atom stereocenters. The summed E-state index contributed by atoms with van der Waals surface area (Å²) in [6, 6.07) is -0.0279. The number of carboxylic acids is 1. The van der Waals surface area contributed by atoms with Crippen molar-refractivity contribution < 1.29 is 18.3 Å². The number of hydrogen-bond acceptors (Lipinski definition) is 3. The Balaban J connectivity index is 2.84. The highest BCUT2D eigenvalue weighted by molar-refractivity contribution is 7.86. The molecule has 0 aromatic carbocycles. The maximum absolute atomic E-state index is 12.4. The molecule has 0 radical (unpaired) electrons. The lowest BCUT2D eigenvalue weighted by Gasteiger charge is -2.33. The Bertz CT molecular complexity index is 415. The minimum absolute atomic E-state index is 0.00565. The molecule has 1 saturated carbocycles.